The van der Waals surface area contributed by atoms with Crippen LogP contribution in [0.4, 0.5) is 11.4 Å². The quantitative estimate of drug-likeness (QED) is 0.0588. The Hall–Kier alpha value is -3.25. The Bertz CT molecular complexity index is 1240. The number of carbonyl (C=O) groups excluding carboxylic acids is 1. The van der Waals surface area contributed by atoms with Crippen molar-refractivity contribution in [2.24, 2.45) is 5.18 Å². The molecule has 0 aromatic heterocycles. The van der Waals surface area contributed by atoms with Crippen molar-refractivity contribution in [1.29, 1.82) is 0 Å². The summed E-state index contributed by atoms with van der Waals surface area (Å²) < 4.78 is 23.4. The fourth-order valence-electron chi connectivity index (χ4n) is 5.47. The number of nitrogens with one attached hydrogen (secondary N) is 1. The van der Waals surface area contributed by atoms with Crippen LogP contribution in [-0.2, 0) is 14.3 Å². The number of methoxy groups -OCH3 is 2. The van der Waals surface area contributed by atoms with E-state index in [1.54, 1.807) is 13.2 Å². The van der Waals surface area contributed by atoms with E-state index in [2.05, 4.69) is 33.6 Å². The predicted molar refractivity (Wildman–Crippen MR) is 173 cm³/mol. The molecule has 1 aliphatic heterocycles. The van der Waals surface area contributed by atoms with E-state index in [1.165, 1.54) is 13.2 Å². The molecule has 1 atom stereocenters. The van der Waals surface area contributed by atoms with Crippen LogP contribution >= 0.6 is 0 Å². The largest absolute Gasteiger partial charge is 0.496 e. The molecule has 2 aromatic carbocycles. The van der Waals surface area contributed by atoms with Gasteiger partial charge in [-0.25, -0.2) is 0 Å². The second-order valence-electron chi connectivity index (χ2n) is 11.6. The van der Waals surface area contributed by atoms with E-state index in [9.17, 15) is 14.9 Å². The number of nitrogens with zero attached hydrogens (tertiary/aromatic N) is 3. The molecule has 0 amide bonds. The fraction of sp³-hybridized carbons (Fsp3) is 0.606. The van der Waals surface area contributed by atoms with E-state index in [-0.39, 0.29) is 17.8 Å². The van der Waals surface area contributed by atoms with Gasteiger partial charge in [-0.15, -0.1) is 4.91 Å². The summed E-state index contributed by atoms with van der Waals surface area (Å²) in [7, 11) is 5.19. The Morgan fingerprint density at radius 2 is 1.68 bits per heavy atom. The first-order valence-electron chi connectivity index (χ1n) is 15.6. The van der Waals surface area contributed by atoms with Crippen LogP contribution in [0.5, 0.6) is 11.5 Å². The maximum atomic E-state index is 12.1. The highest BCUT2D eigenvalue weighted by Gasteiger charge is 2.25. The number of piperazine rings is 1. The number of benzene rings is 2. The molecule has 2 N–H and O–H groups in total. The van der Waals surface area contributed by atoms with Gasteiger partial charge in [0.1, 0.15) is 17.2 Å². The minimum absolute atomic E-state index is 0.126. The third kappa shape index (κ3) is 10.2. The Kier molecular flexibility index (Phi) is 14.8. The Labute approximate surface area is 261 Å². The molecule has 0 spiro atoms. The van der Waals surface area contributed by atoms with Gasteiger partial charge < -0.3 is 23.8 Å². The Balaban J connectivity index is 1.51. The second-order valence-corrected chi connectivity index (χ2v) is 11.6. The van der Waals surface area contributed by atoms with Gasteiger partial charge in [0.15, 0.2) is 0 Å². The van der Waals surface area contributed by atoms with E-state index in [0.29, 0.717) is 54.1 Å². The number of ether oxygens (including phenoxy) is 4. The molecule has 11 nitrogen and oxygen atoms in total. The van der Waals surface area contributed by atoms with Gasteiger partial charge >= 0.3 is 5.97 Å². The number of carbonyl (C=O) groups is 1. The lowest BCUT2D eigenvalue weighted by molar-refractivity contribution is -0.145. The number of unbranched alkanes of at least 4 members (excludes halogenated alkanes) is 5. The zero-order chi connectivity index (χ0) is 31.9. The molecule has 1 heterocycles. The van der Waals surface area contributed by atoms with E-state index < -0.39 is 0 Å². The summed E-state index contributed by atoms with van der Waals surface area (Å²) in [6, 6.07) is 4.95. The summed E-state index contributed by atoms with van der Waals surface area (Å²) in [5.74, 6) is 0.803. The van der Waals surface area contributed by atoms with E-state index in [4.69, 9.17) is 18.9 Å². The minimum Gasteiger partial charge on any atom is -0.496 e. The molecule has 1 fully saturated rings. The molecule has 0 unspecified atom stereocenters. The summed E-state index contributed by atoms with van der Waals surface area (Å²) in [5, 5.41) is 13.9. The molecule has 0 bridgehead atoms. The molecule has 0 saturated carbocycles. The highest BCUT2D eigenvalue weighted by Crippen LogP contribution is 2.48. The summed E-state index contributed by atoms with van der Waals surface area (Å²) >= 11 is 0. The first-order valence-corrected chi connectivity index (χ1v) is 15.6. The lowest BCUT2D eigenvalue weighted by Crippen LogP contribution is -2.46. The standard InChI is InChI=1S/C33H50N4O7/c1-24(2)12-15-28(25-22-29(41-4)31-26(34-39)13-14-27(35-40)32(31)33(25)42-5)43-20-10-8-6-7-9-11-21-44-30(38)23-37-18-16-36(3)17-19-37/h12-14,22,28,34,39H,6-11,15-21,23H2,1-5H3/t28-/m0/s1. The second kappa shape index (κ2) is 18.5. The number of allylic oxidation sites excluding steroid dienone is 1. The number of rotatable bonds is 19. The lowest BCUT2D eigenvalue weighted by atomic mass is 9.96. The van der Waals surface area contributed by atoms with Gasteiger partial charge in [-0.1, -0.05) is 37.3 Å². The molecule has 2 aromatic rings. The highest BCUT2D eigenvalue weighted by molar-refractivity contribution is 6.08. The third-order valence-corrected chi connectivity index (χ3v) is 8.00. The minimum atomic E-state index is -0.344. The average molecular weight is 615 g/mol. The number of likely N-dealkylation sites (N-methyl/N-ethyl adjacent to an activating group) is 1. The average Bonchev–Trinajstić information content (AvgIpc) is 3.02. The lowest BCUT2D eigenvalue weighted by Gasteiger charge is -2.31. The van der Waals surface area contributed by atoms with E-state index >= 15 is 0 Å². The van der Waals surface area contributed by atoms with Crippen LogP contribution in [0.1, 0.15) is 70.5 Å². The van der Waals surface area contributed by atoms with Gasteiger partial charge in [0.2, 0.25) is 0 Å². The molecule has 44 heavy (non-hydrogen) atoms. The van der Waals surface area contributed by atoms with E-state index in [0.717, 1.165) is 75.8 Å². The maximum absolute atomic E-state index is 12.1. The number of fused-ring (bicyclic) bond motifs is 1. The van der Waals surface area contributed by atoms with E-state index in [1.807, 2.05) is 19.9 Å². The van der Waals surface area contributed by atoms with Crippen molar-refractivity contribution >= 4 is 28.1 Å². The molecule has 0 aliphatic carbocycles. The first-order chi connectivity index (χ1) is 21.3. The van der Waals surface area contributed by atoms with Crippen molar-refractivity contribution < 1.29 is 28.9 Å². The van der Waals surface area contributed by atoms with Crippen molar-refractivity contribution in [1.82, 2.24) is 9.80 Å². The number of anilines is 1. The Morgan fingerprint density at radius 3 is 2.30 bits per heavy atom. The van der Waals surface area contributed by atoms with Crippen molar-refractivity contribution in [2.75, 3.05) is 72.7 Å². The zero-order valence-corrected chi connectivity index (χ0v) is 27.0. The molecular weight excluding hydrogens is 564 g/mol. The van der Waals surface area contributed by atoms with Crippen molar-refractivity contribution in [2.45, 2.75) is 64.9 Å². The van der Waals surface area contributed by atoms with Gasteiger partial charge in [-0.05, 0) is 63.5 Å². The maximum Gasteiger partial charge on any atom is 0.320 e. The third-order valence-electron chi connectivity index (χ3n) is 8.00. The summed E-state index contributed by atoms with van der Waals surface area (Å²) in [5.41, 5.74) is 4.65. The van der Waals surface area contributed by atoms with Crippen LogP contribution in [0, 0.1) is 4.91 Å². The van der Waals surface area contributed by atoms with Gasteiger partial charge in [0, 0.05) is 38.3 Å². The molecule has 1 saturated heterocycles. The van der Waals surface area contributed by atoms with Crippen LogP contribution < -0.4 is 15.0 Å². The monoisotopic (exact) mass is 614 g/mol. The molecular formula is C33H50N4O7. The molecule has 0 radical (unpaired) electrons. The van der Waals surface area contributed by atoms with Crippen molar-refractivity contribution in [3.05, 3.63) is 40.3 Å². The van der Waals surface area contributed by atoms with Crippen LogP contribution in [0.25, 0.3) is 10.8 Å². The summed E-state index contributed by atoms with van der Waals surface area (Å²) in [6.45, 7) is 9.32. The van der Waals surface area contributed by atoms with Crippen LogP contribution in [0.2, 0.25) is 0 Å². The number of hydrogen-bond donors (Lipinski definition) is 2. The van der Waals surface area contributed by atoms with Crippen molar-refractivity contribution in [3.8, 4) is 11.5 Å². The first kappa shape index (κ1) is 35.2. The van der Waals surface area contributed by atoms with Gasteiger partial charge in [-0.3, -0.25) is 20.4 Å². The number of hydrogen-bond acceptors (Lipinski definition) is 11. The van der Waals surface area contributed by atoms with Gasteiger partial charge in [-0.2, -0.15) is 0 Å². The molecule has 244 valence electrons. The van der Waals surface area contributed by atoms with Gasteiger partial charge in [0.25, 0.3) is 0 Å². The Morgan fingerprint density at radius 1 is 1.00 bits per heavy atom. The zero-order valence-electron chi connectivity index (χ0n) is 27.0. The SMILES string of the molecule is COc1cc([C@H](CC=C(C)C)OCCCCCCCCOC(=O)CN2CCN(C)CC2)c(OC)c2c(N=O)ccc(NO)c12. The van der Waals surface area contributed by atoms with Crippen LogP contribution in [0.15, 0.2) is 35.0 Å². The van der Waals surface area contributed by atoms with Crippen molar-refractivity contribution in [3.63, 3.8) is 0 Å². The summed E-state index contributed by atoms with van der Waals surface area (Å²) in [4.78, 5) is 28.3. The highest BCUT2D eigenvalue weighted by atomic mass is 16.5. The number of nitroso groups, excluding NO2 is 1. The molecule has 1 aliphatic rings. The predicted octanol–water partition coefficient (Wildman–Crippen LogP) is 6.60. The topological polar surface area (TPSA) is 122 Å². The molecule has 11 heteroatoms. The normalized spacial score (nSPS) is 14.7. The van der Waals surface area contributed by atoms with Gasteiger partial charge in [0.05, 0.1) is 49.9 Å². The summed E-state index contributed by atoms with van der Waals surface area (Å²) in [6.07, 6.45) is 8.38. The van der Waals surface area contributed by atoms with Crippen LogP contribution in [0.3, 0.4) is 0 Å². The fourth-order valence-corrected chi connectivity index (χ4v) is 5.47. The smallest absolute Gasteiger partial charge is 0.320 e. The number of esters is 1. The molecule has 3 rings (SSSR count). The van der Waals surface area contributed by atoms with Crippen LogP contribution in [-0.4, -0.2) is 88.2 Å².